The first-order valence-electron chi connectivity index (χ1n) is 16.4. The van der Waals surface area contributed by atoms with E-state index in [1.54, 1.807) is 34.0 Å². The van der Waals surface area contributed by atoms with Crippen molar-refractivity contribution in [2.45, 2.75) is 44.7 Å². The van der Waals surface area contributed by atoms with Gasteiger partial charge in [-0.3, -0.25) is 0 Å². The van der Waals surface area contributed by atoms with Gasteiger partial charge >= 0.3 is 5.69 Å². The van der Waals surface area contributed by atoms with Crippen LogP contribution in [0.25, 0.3) is 5.69 Å². The molecule has 2 aliphatic rings. The number of aromatic nitrogens is 6. The molecule has 0 saturated carbocycles. The standard InChI is InChI=1S/C35H38Cl2N8O4/c1-3-25(2)45-34(46)44(24-40-45)29-7-5-27(6-8-29)41-14-16-42(17-15-41)28-9-11-30(12-10-28)47-19-33-48-21-35(49-33,20-43-23-38-22-39-43)31-13-4-26(36)18-32(31)37/h4-13,18,22-25,33H,3,14-17,19-21H2,1-2H3/t25?,33-,35+/m1/s1. The molecule has 49 heavy (non-hydrogen) atoms. The van der Waals surface area contributed by atoms with Crippen molar-refractivity contribution in [1.82, 2.24) is 29.1 Å². The molecule has 5 aromatic rings. The van der Waals surface area contributed by atoms with Crippen LogP contribution in [-0.2, 0) is 21.6 Å². The second-order valence-corrected chi connectivity index (χ2v) is 13.2. The largest absolute Gasteiger partial charge is 0.488 e. The topological polar surface area (TPSA) is 105 Å². The minimum Gasteiger partial charge on any atom is -0.488 e. The van der Waals surface area contributed by atoms with Gasteiger partial charge in [0, 0.05) is 53.2 Å². The molecule has 7 rings (SSSR count). The van der Waals surface area contributed by atoms with Crippen LogP contribution in [0.2, 0.25) is 10.0 Å². The quantitative estimate of drug-likeness (QED) is 0.174. The van der Waals surface area contributed by atoms with E-state index in [0.717, 1.165) is 61.0 Å². The molecule has 0 amide bonds. The monoisotopic (exact) mass is 704 g/mol. The number of piperazine rings is 1. The Kier molecular flexibility index (Phi) is 9.64. The molecule has 0 radical (unpaired) electrons. The lowest BCUT2D eigenvalue weighted by Gasteiger charge is -2.37. The molecule has 2 fully saturated rings. The maximum absolute atomic E-state index is 12.8. The van der Waals surface area contributed by atoms with Gasteiger partial charge in [0.05, 0.1) is 24.9 Å². The third kappa shape index (κ3) is 7.04. The lowest BCUT2D eigenvalue weighted by Crippen LogP contribution is -2.46. The molecule has 2 aromatic heterocycles. The van der Waals surface area contributed by atoms with Crippen molar-refractivity contribution in [3.8, 4) is 11.4 Å². The van der Waals surface area contributed by atoms with Crippen molar-refractivity contribution in [1.29, 1.82) is 0 Å². The zero-order valence-electron chi connectivity index (χ0n) is 27.4. The smallest absolute Gasteiger partial charge is 0.350 e. The molecular weight excluding hydrogens is 667 g/mol. The van der Waals surface area contributed by atoms with Gasteiger partial charge in [-0.25, -0.2) is 23.7 Å². The molecular formula is C35H38Cl2N8O4. The van der Waals surface area contributed by atoms with E-state index in [2.05, 4.69) is 49.2 Å². The molecule has 0 bridgehead atoms. The lowest BCUT2D eigenvalue weighted by molar-refractivity contribution is -0.116. The zero-order chi connectivity index (χ0) is 34.0. The highest BCUT2D eigenvalue weighted by atomic mass is 35.5. The Labute approximate surface area is 294 Å². The summed E-state index contributed by atoms with van der Waals surface area (Å²) in [5, 5.41) is 9.59. The molecule has 12 nitrogen and oxygen atoms in total. The predicted octanol–water partition coefficient (Wildman–Crippen LogP) is 5.58. The van der Waals surface area contributed by atoms with E-state index in [1.165, 1.54) is 11.0 Å². The predicted molar refractivity (Wildman–Crippen MR) is 188 cm³/mol. The van der Waals surface area contributed by atoms with E-state index < -0.39 is 11.9 Å². The Morgan fingerprint density at radius 2 is 1.59 bits per heavy atom. The van der Waals surface area contributed by atoms with Crippen LogP contribution in [0.1, 0.15) is 31.9 Å². The van der Waals surface area contributed by atoms with Crippen molar-refractivity contribution in [3.05, 3.63) is 112 Å². The first kappa shape index (κ1) is 33.2. The number of hydrogen-bond acceptors (Lipinski definition) is 9. The van der Waals surface area contributed by atoms with Gasteiger partial charge in [0.2, 0.25) is 0 Å². The number of ether oxygens (including phenoxy) is 3. The van der Waals surface area contributed by atoms with E-state index in [4.69, 9.17) is 37.4 Å². The van der Waals surface area contributed by atoms with Crippen LogP contribution >= 0.6 is 23.2 Å². The third-order valence-corrected chi connectivity index (χ3v) is 9.78. The minimum atomic E-state index is -0.881. The summed E-state index contributed by atoms with van der Waals surface area (Å²) in [6.07, 6.45) is 4.95. The second kappa shape index (κ2) is 14.2. The van der Waals surface area contributed by atoms with Gasteiger partial charge in [0.15, 0.2) is 6.29 Å². The number of rotatable bonds is 11. The van der Waals surface area contributed by atoms with Gasteiger partial charge in [0.1, 0.15) is 36.9 Å². The fraction of sp³-hybridized carbons (Fsp3) is 0.371. The van der Waals surface area contributed by atoms with Crippen molar-refractivity contribution < 1.29 is 14.2 Å². The average molecular weight is 706 g/mol. The Hall–Kier alpha value is -4.36. The Balaban J connectivity index is 0.925. The third-order valence-electron chi connectivity index (χ3n) is 9.23. The van der Waals surface area contributed by atoms with E-state index >= 15 is 0 Å². The van der Waals surface area contributed by atoms with Crippen LogP contribution in [-0.4, -0.2) is 74.8 Å². The molecule has 1 unspecified atom stereocenters. The minimum absolute atomic E-state index is 0.0640. The Morgan fingerprint density at radius 3 is 2.22 bits per heavy atom. The summed E-state index contributed by atoms with van der Waals surface area (Å²) < 4.78 is 23.5. The van der Waals surface area contributed by atoms with E-state index in [0.29, 0.717) is 16.6 Å². The number of halogens is 2. The van der Waals surface area contributed by atoms with Crippen molar-refractivity contribution in [2.75, 3.05) is 49.2 Å². The number of nitrogens with zero attached hydrogens (tertiary/aromatic N) is 8. The molecule has 256 valence electrons. The highest BCUT2D eigenvalue weighted by Gasteiger charge is 2.45. The summed E-state index contributed by atoms with van der Waals surface area (Å²) in [5.74, 6) is 0.724. The normalized spacial score (nSPS) is 20.1. The van der Waals surface area contributed by atoms with E-state index in [9.17, 15) is 4.79 Å². The Morgan fingerprint density at radius 1 is 0.918 bits per heavy atom. The highest BCUT2D eigenvalue weighted by Crippen LogP contribution is 2.40. The van der Waals surface area contributed by atoms with Crippen molar-refractivity contribution in [3.63, 3.8) is 0 Å². The van der Waals surface area contributed by atoms with Gasteiger partial charge in [0.25, 0.3) is 0 Å². The SMILES string of the molecule is CCC(C)n1ncn(-c2ccc(N3CCN(c4ccc(OC[C@@H]5OC[C@@](Cn6cncn6)(c6ccc(Cl)cc6Cl)O5)cc4)CC3)cc2)c1=O. The molecule has 14 heteroatoms. The maximum Gasteiger partial charge on any atom is 0.350 e. The highest BCUT2D eigenvalue weighted by molar-refractivity contribution is 6.35. The first-order chi connectivity index (χ1) is 23.8. The van der Waals surface area contributed by atoms with Crippen LogP contribution in [0, 0.1) is 0 Å². The van der Waals surface area contributed by atoms with Crippen LogP contribution in [0.15, 0.2) is 90.5 Å². The number of benzene rings is 3. The van der Waals surface area contributed by atoms with Gasteiger partial charge in [-0.05, 0) is 74.0 Å². The van der Waals surface area contributed by atoms with Crippen molar-refractivity contribution in [2.24, 2.45) is 0 Å². The molecule has 0 spiro atoms. The Bertz CT molecular complexity index is 1910. The summed E-state index contributed by atoms with van der Waals surface area (Å²) in [4.78, 5) is 21.6. The summed E-state index contributed by atoms with van der Waals surface area (Å²) in [7, 11) is 0. The summed E-state index contributed by atoms with van der Waals surface area (Å²) >= 11 is 12.8. The fourth-order valence-corrected chi connectivity index (χ4v) is 6.89. The van der Waals surface area contributed by atoms with Gasteiger partial charge in [-0.1, -0.05) is 36.2 Å². The molecule has 4 heterocycles. The molecule has 2 aliphatic heterocycles. The summed E-state index contributed by atoms with van der Waals surface area (Å²) in [6.45, 7) is 8.41. The number of hydrogen-bond donors (Lipinski definition) is 0. The van der Waals surface area contributed by atoms with Crippen LogP contribution < -0.4 is 20.2 Å². The van der Waals surface area contributed by atoms with Crippen LogP contribution in [0.4, 0.5) is 11.4 Å². The zero-order valence-corrected chi connectivity index (χ0v) is 28.9. The molecule has 3 aromatic carbocycles. The van der Waals surface area contributed by atoms with Gasteiger partial charge in [-0.2, -0.15) is 10.2 Å². The molecule has 0 aliphatic carbocycles. The second-order valence-electron chi connectivity index (χ2n) is 12.4. The van der Waals surface area contributed by atoms with Gasteiger partial charge < -0.3 is 24.0 Å². The number of anilines is 2. The van der Waals surface area contributed by atoms with Crippen LogP contribution in [0.5, 0.6) is 5.75 Å². The van der Waals surface area contributed by atoms with E-state index in [1.807, 2.05) is 44.2 Å². The lowest BCUT2D eigenvalue weighted by atomic mass is 9.94. The summed E-state index contributed by atoms with van der Waals surface area (Å²) in [5.41, 5.74) is 2.85. The van der Waals surface area contributed by atoms with E-state index in [-0.39, 0.29) is 24.9 Å². The van der Waals surface area contributed by atoms with Crippen molar-refractivity contribution >= 4 is 34.6 Å². The maximum atomic E-state index is 12.8. The first-order valence-corrected chi connectivity index (χ1v) is 17.1. The fourth-order valence-electron chi connectivity index (χ4n) is 6.31. The average Bonchev–Trinajstić information content (AvgIpc) is 3.88. The molecule has 3 atom stereocenters. The summed E-state index contributed by atoms with van der Waals surface area (Å²) in [6, 6.07) is 21.6. The molecule has 0 N–H and O–H groups in total. The van der Waals surface area contributed by atoms with Crippen LogP contribution in [0.3, 0.4) is 0 Å². The molecule has 2 saturated heterocycles. The van der Waals surface area contributed by atoms with Gasteiger partial charge in [-0.15, -0.1) is 0 Å².